The lowest BCUT2D eigenvalue weighted by molar-refractivity contribution is 0.116. The smallest absolute Gasteiger partial charge is 0.257 e. The van der Waals surface area contributed by atoms with Gasteiger partial charge in [0.25, 0.3) is 6.43 Å². The molecule has 0 aliphatic rings. The number of alkyl halides is 2. The first-order chi connectivity index (χ1) is 5.61. The fourth-order valence-corrected chi connectivity index (χ4v) is 0.842. The van der Waals surface area contributed by atoms with Crippen LogP contribution < -0.4 is 5.73 Å². The second-order valence-corrected chi connectivity index (χ2v) is 2.66. The zero-order chi connectivity index (χ0) is 9.14. The minimum atomic E-state index is -2.58. The molecule has 0 unspecified atom stereocenters. The predicted octanol–water partition coefficient (Wildman–Crippen LogP) is 2.42. The Labute approximate surface area is 85.5 Å². The van der Waals surface area contributed by atoms with Gasteiger partial charge in [-0.3, -0.25) is 0 Å². The van der Waals surface area contributed by atoms with E-state index in [9.17, 15) is 8.78 Å². The molecule has 0 aliphatic heterocycles. The van der Waals surface area contributed by atoms with Crippen molar-refractivity contribution in [2.45, 2.75) is 12.5 Å². The molecular formula is C7H8Cl2F2N2. The molecule has 1 aromatic rings. The van der Waals surface area contributed by atoms with Crippen LogP contribution in [-0.4, -0.2) is 11.4 Å². The number of rotatable bonds is 2. The summed E-state index contributed by atoms with van der Waals surface area (Å²) in [7, 11) is 0. The number of hydrogen-bond acceptors (Lipinski definition) is 2. The van der Waals surface area contributed by atoms with Gasteiger partial charge in [-0.1, -0.05) is 17.7 Å². The molecule has 1 rings (SSSR count). The Balaban J connectivity index is 0.00000144. The van der Waals surface area contributed by atoms with E-state index in [-0.39, 0.29) is 23.1 Å². The van der Waals surface area contributed by atoms with E-state index in [4.69, 9.17) is 17.3 Å². The zero-order valence-corrected chi connectivity index (χ0v) is 8.03. The molecule has 2 nitrogen and oxygen atoms in total. The van der Waals surface area contributed by atoms with Crippen molar-refractivity contribution >= 4 is 24.0 Å². The fourth-order valence-electron chi connectivity index (χ4n) is 0.730. The summed E-state index contributed by atoms with van der Waals surface area (Å²) in [6, 6.07) is 1.58. The minimum absolute atomic E-state index is 0. The van der Waals surface area contributed by atoms with Crippen LogP contribution in [0.5, 0.6) is 0 Å². The Morgan fingerprint density at radius 1 is 1.38 bits per heavy atom. The Morgan fingerprint density at radius 2 is 2.00 bits per heavy atom. The highest BCUT2D eigenvalue weighted by atomic mass is 35.5. The van der Waals surface area contributed by atoms with Gasteiger partial charge in [0.1, 0.15) is 5.15 Å². The Kier molecular flexibility index (Phi) is 5.13. The van der Waals surface area contributed by atoms with Crippen LogP contribution in [0, 0.1) is 0 Å². The Hall–Kier alpha value is -0.450. The van der Waals surface area contributed by atoms with E-state index in [2.05, 4.69) is 4.98 Å². The first-order valence-corrected chi connectivity index (χ1v) is 3.64. The van der Waals surface area contributed by atoms with Crippen LogP contribution in [0.1, 0.15) is 11.6 Å². The maximum Gasteiger partial charge on any atom is 0.257 e. The van der Waals surface area contributed by atoms with Gasteiger partial charge in [0.05, 0.1) is 6.04 Å². The van der Waals surface area contributed by atoms with Gasteiger partial charge < -0.3 is 5.73 Å². The molecule has 0 aliphatic carbocycles. The highest BCUT2D eigenvalue weighted by molar-refractivity contribution is 6.29. The van der Waals surface area contributed by atoms with Crippen molar-refractivity contribution in [3.8, 4) is 0 Å². The van der Waals surface area contributed by atoms with Gasteiger partial charge in [-0.15, -0.1) is 12.4 Å². The lowest BCUT2D eigenvalue weighted by Gasteiger charge is -2.09. The third kappa shape index (κ3) is 3.42. The highest BCUT2D eigenvalue weighted by Gasteiger charge is 2.17. The van der Waals surface area contributed by atoms with E-state index >= 15 is 0 Å². The number of nitrogens with two attached hydrogens (primary N) is 1. The molecule has 1 aromatic heterocycles. The van der Waals surface area contributed by atoms with E-state index < -0.39 is 12.5 Å². The lowest BCUT2D eigenvalue weighted by Crippen LogP contribution is -2.18. The first kappa shape index (κ1) is 12.6. The molecule has 2 N–H and O–H groups in total. The number of hydrogen-bond donors (Lipinski definition) is 1. The van der Waals surface area contributed by atoms with Gasteiger partial charge >= 0.3 is 0 Å². The summed E-state index contributed by atoms with van der Waals surface area (Å²) in [6.07, 6.45) is -1.33. The van der Waals surface area contributed by atoms with Crippen LogP contribution in [-0.2, 0) is 0 Å². The fraction of sp³-hybridized carbons (Fsp3) is 0.286. The molecule has 0 aromatic carbocycles. The van der Waals surface area contributed by atoms with Gasteiger partial charge in [0.2, 0.25) is 0 Å². The summed E-state index contributed by atoms with van der Waals surface area (Å²) in [5.41, 5.74) is 5.44. The van der Waals surface area contributed by atoms with Crippen LogP contribution in [0.25, 0.3) is 0 Å². The zero-order valence-electron chi connectivity index (χ0n) is 6.45. The van der Waals surface area contributed by atoms with E-state index in [0.717, 1.165) is 0 Å². The van der Waals surface area contributed by atoms with Gasteiger partial charge in [0.15, 0.2) is 0 Å². The molecule has 0 saturated carbocycles. The third-order valence-electron chi connectivity index (χ3n) is 1.41. The summed E-state index contributed by atoms with van der Waals surface area (Å²) >= 11 is 5.46. The second kappa shape index (κ2) is 5.32. The molecule has 6 heteroatoms. The lowest BCUT2D eigenvalue weighted by atomic mass is 10.1. The van der Waals surface area contributed by atoms with Gasteiger partial charge in [-0.25, -0.2) is 13.8 Å². The molecule has 0 amide bonds. The summed E-state index contributed by atoms with van der Waals surface area (Å²) in [4.78, 5) is 3.63. The molecule has 1 atom stereocenters. The average molecular weight is 229 g/mol. The summed E-state index contributed by atoms with van der Waals surface area (Å²) in [5.74, 6) is 0. The van der Waals surface area contributed by atoms with Crippen LogP contribution in [0.3, 0.4) is 0 Å². The highest BCUT2D eigenvalue weighted by Crippen LogP contribution is 2.17. The average Bonchev–Trinajstić information content (AvgIpc) is 2.04. The van der Waals surface area contributed by atoms with Crippen molar-refractivity contribution in [3.05, 3.63) is 29.0 Å². The number of pyridine rings is 1. The summed E-state index contributed by atoms with van der Waals surface area (Å²) in [5, 5.41) is 0.264. The van der Waals surface area contributed by atoms with Crippen LogP contribution >= 0.6 is 24.0 Å². The first-order valence-electron chi connectivity index (χ1n) is 3.26. The minimum Gasteiger partial charge on any atom is -0.319 e. The van der Waals surface area contributed by atoms with Gasteiger partial charge in [-0.2, -0.15) is 0 Å². The summed E-state index contributed by atoms with van der Waals surface area (Å²) < 4.78 is 24.1. The summed E-state index contributed by atoms with van der Waals surface area (Å²) in [6.45, 7) is 0. The topological polar surface area (TPSA) is 38.9 Å². The third-order valence-corrected chi connectivity index (χ3v) is 1.63. The predicted molar refractivity (Wildman–Crippen MR) is 49.4 cm³/mol. The monoisotopic (exact) mass is 228 g/mol. The van der Waals surface area contributed by atoms with Crippen molar-refractivity contribution in [2.75, 3.05) is 0 Å². The Morgan fingerprint density at radius 3 is 2.38 bits per heavy atom. The van der Waals surface area contributed by atoms with Crippen LogP contribution in [0.15, 0.2) is 18.3 Å². The maximum atomic E-state index is 12.0. The number of nitrogens with zero attached hydrogens (tertiary/aromatic N) is 1. The molecule has 0 radical (unpaired) electrons. The number of halogens is 4. The molecule has 0 spiro atoms. The van der Waals surface area contributed by atoms with Gasteiger partial charge in [0, 0.05) is 6.20 Å². The SMILES string of the molecule is Cl.N[C@H](c1ccc(Cl)nc1)C(F)F. The van der Waals surface area contributed by atoms with Crippen LogP contribution in [0.2, 0.25) is 5.15 Å². The molecule has 13 heavy (non-hydrogen) atoms. The second-order valence-electron chi connectivity index (χ2n) is 2.27. The molecule has 74 valence electrons. The quantitative estimate of drug-likeness (QED) is 0.791. The van der Waals surface area contributed by atoms with E-state index in [1.807, 2.05) is 0 Å². The van der Waals surface area contributed by atoms with Crippen molar-refractivity contribution in [2.24, 2.45) is 5.73 Å². The molecule has 1 heterocycles. The normalized spacial score (nSPS) is 12.4. The van der Waals surface area contributed by atoms with Gasteiger partial charge in [-0.05, 0) is 11.6 Å². The van der Waals surface area contributed by atoms with E-state index in [1.165, 1.54) is 18.3 Å². The van der Waals surface area contributed by atoms with E-state index in [1.54, 1.807) is 0 Å². The maximum absolute atomic E-state index is 12.0. The van der Waals surface area contributed by atoms with E-state index in [0.29, 0.717) is 0 Å². The van der Waals surface area contributed by atoms with Crippen molar-refractivity contribution in [3.63, 3.8) is 0 Å². The molecule has 0 bridgehead atoms. The van der Waals surface area contributed by atoms with Crippen molar-refractivity contribution in [1.82, 2.24) is 4.98 Å². The van der Waals surface area contributed by atoms with Crippen molar-refractivity contribution < 1.29 is 8.78 Å². The number of aromatic nitrogens is 1. The molecular weight excluding hydrogens is 221 g/mol. The Bertz CT molecular complexity index is 253. The standard InChI is InChI=1S/C7H7ClF2N2.ClH/c8-5-2-1-4(3-12-5)6(11)7(9)10;/h1-3,6-7H,11H2;1H/t6-;/m1./s1. The largest absolute Gasteiger partial charge is 0.319 e. The van der Waals surface area contributed by atoms with Crippen LogP contribution in [0.4, 0.5) is 8.78 Å². The van der Waals surface area contributed by atoms with Crippen molar-refractivity contribution in [1.29, 1.82) is 0 Å². The molecule has 0 saturated heterocycles. The molecule has 0 fully saturated rings.